The molecule has 0 unspecified atom stereocenters. The van der Waals surface area contributed by atoms with E-state index in [4.69, 9.17) is 53.9 Å². The van der Waals surface area contributed by atoms with Crippen LogP contribution in [0.1, 0.15) is 58.3 Å². The summed E-state index contributed by atoms with van der Waals surface area (Å²) in [5.74, 6) is 0.831. The van der Waals surface area contributed by atoms with Crippen molar-refractivity contribution in [1.82, 2.24) is 5.16 Å². The van der Waals surface area contributed by atoms with Crippen LogP contribution in [0.5, 0.6) is 11.5 Å². The average molecular weight is 573 g/mol. The van der Waals surface area contributed by atoms with Crippen molar-refractivity contribution < 1.29 is 23.9 Å². The second-order valence-electron chi connectivity index (χ2n) is 8.70. The highest BCUT2D eigenvalue weighted by Crippen LogP contribution is 2.33. The number of carboxylic acids is 1. The van der Waals surface area contributed by atoms with E-state index in [2.05, 4.69) is 5.16 Å². The smallest absolute Gasteiger partial charge is 0.335 e. The van der Waals surface area contributed by atoms with Crippen molar-refractivity contribution in [1.29, 1.82) is 0 Å². The van der Waals surface area contributed by atoms with Crippen LogP contribution < -0.4 is 9.47 Å². The highest BCUT2D eigenvalue weighted by molar-refractivity contribution is 6.42. The number of benzene rings is 3. The van der Waals surface area contributed by atoms with Crippen LogP contribution in [0.3, 0.4) is 0 Å². The Morgan fingerprint density at radius 1 is 0.974 bits per heavy atom. The van der Waals surface area contributed by atoms with Gasteiger partial charge in [0.15, 0.2) is 0 Å². The average Bonchev–Trinajstić information content (AvgIpc) is 3.31. The summed E-state index contributed by atoms with van der Waals surface area (Å²) in [6.45, 7) is 4.34. The fourth-order valence-electron chi connectivity index (χ4n) is 3.67. The maximum absolute atomic E-state index is 11.2. The summed E-state index contributed by atoms with van der Waals surface area (Å²) in [6.07, 6.45) is 3.62. The molecule has 1 N–H and O–H groups in total. The Labute approximate surface area is 235 Å². The summed E-state index contributed by atoms with van der Waals surface area (Å²) in [5, 5.41) is 14.6. The lowest BCUT2D eigenvalue weighted by atomic mass is 10.1. The van der Waals surface area contributed by atoms with E-state index in [9.17, 15) is 4.79 Å². The molecule has 0 aliphatic rings. The molecular weight excluding hydrogens is 549 g/mol. The van der Waals surface area contributed by atoms with Gasteiger partial charge in [-0.1, -0.05) is 84.2 Å². The molecule has 6 nitrogen and oxygen atoms in total. The summed E-state index contributed by atoms with van der Waals surface area (Å²) < 4.78 is 17.5. The van der Waals surface area contributed by atoms with Crippen molar-refractivity contribution in [2.24, 2.45) is 0 Å². The van der Waals surface area contributed by atoms with Gasteiger partial charge in [-0.25, -0.2) is 4.79 Å². The Bertz CT molecular complexity index is 1480. The quantitative estimate of drug-likeness (QED) is 0.191. The van der Waals surface area contributed by atoms with Crippen LogP contribution in [0.4, 0.5) is 0 Å². The Morgan fingerprint density at radius 3 is 2.50 bits per heavy atom. The van der Waals surface area contributed by atoms with Gasteiger partial charge in [0.25, 0.3) is 0 Å². The molecule has 0 radical (unpaired) electrons. The predicted octanol–water partition coefficient (Wildman–Crippen LogP) is 8.78. The molecular formula is C29H24Cl3NO5. The molecule has 0 saturated carbocycles. The maximum atomic E-state index is 11.2. The van der Waals surface area contributed by atoms with E-state index in [1.54, 1.807) is 48.5 Å². The van der Waals surface area contributed by atoms with Gasteiger partial charge in [0, 0.05) is 5.92 Å². The molecule has 38 heavy (non-hydrogen) atoms. The van der Waals surface area contributed by atoms with Crippen molar-refractivity contribution in [3.63, 3.8) is 0 Å². The molecule has 1 heterocycles. The van der Waals surface area contributed by atoms with Crippen LogP contribution in [0, 0.1) is 0 Å². The van der Waals surface area contributed by atoms with Gasteiger partial charge in [0.05, 0.1) is 21.2 Å². The SMILES string of the molecule is CC(C)c1onc(COc2cccc(Cl)c2Cl)c1COc1ccc(/C=C/c2cccc(C(=O)O)c2)c(Cl)c1. The van der Waals surface area contributed by atoms with Crippen molar-refractivity contribution in [2.45, 2.75) is 33.0 Å². The molecule has 0 spiro atoms. The first-order valence-corrected chi connectivity index (χ1v) is 12.8. The summed E-state index contributed by atoms with van der Waals surface area (Å²) >= 11 is 18.8. The number of carbonyl (C=O) groups is 1. The van der Waals surface area contributed by atoms with Gasteiger partial charge in [-0.3, -0.25) is 0 Å². The lowest BCUT2D eigenvalue weighted by Gasteiger charge is -2.11. The zero-order chi connectivity index (χ0) is 27.2. The van der Waals surface area contributed by atoms with E-state index in [1.807, 2.05) is 38.1 Å². The fourth-order valence-corrected chi connectivity index (χ4v) is 4.25. The van der Waals surface area contributed by atoms with E-state index in [0.29, 0.717) is 38.0 Å². The normalized spacial score (nSPS) is 11.3. The number of rotatable bonds is 10. The zero-order valence-corrected chi connectivity index (χ0v) is 22.8. The van der Waals surface area contributed by atoms with Crippen LogP contribution in [0.15, 0.2) is 65.2 Å². The first kappa shape index (κ1) is 27.6. The molecule has 3 aromatic carbocycles. The Hall–Kier alpha value is -3.45. The number of hydrogen-bond donors (Lipinski definition) is 1. The molecule has 1 aromatic heterocycles. The van der Waals surface area contributed by atoms with Crippen molar-refractivity contribution in [2.75, 3.05) is 0 Å². The highest BCUT2D eigenvalue weighted by Gasteiger charge is 2.20. The number of ether oxygens (including phenoxy) is 2. The van der Waals surface area contributed by atoms with Gasteiger partial charge < -0.3 is 19.1 Å². The van der Waals surface area contributed by atoms with Crippen LogP contribution in [0.25, 0.3) is 12.2 Å². The third kappa shape index (κ3) is 6.70. The molecule has 196 valence electrons. The van der Waals surface area contributed by atoms with Gasteiger partial charge in [-0.15, -0.1) is 0 Å². The minimum atomic E-state index is -0.976. The predicted molar refractivity (Wildman–Crippen MR) is 149 cm³/mol. The van der Waals surface area contributed by atoms with Crippen LogP contribution >= 0.6 is 34.8 Å². The summed E-state index contributed by atoms with van der Waals surface area (Å²) in [7, 11) is 0. The van der Waals surface area contributed by atoms with Crippen LogP contribution in [0.2, 0.25) is 15.1 Å². The Morgan fingerprint density at radius 2 is 1.76 bits per heavy atom. The second-order valence-corrected chi connectivity index (χ2v) is 9.90. The third-order valence-corrected chi connectivity index (χ3v) is 6.78. The number of nitrogens with zero attached hydrogens (tertiary/aromatic N) is 1. The van der Waals surface area contributed by atoms with Gasteiger partial charge in [-0.2, -0.15) is 0 Å². The number of carboxylic acid groups (broad SMARTS) is 1. The molecule has 0 atom stereocenters. The van der Waals surface area contributed by atoms with Gasteiger partial charge in [-0.05, 0) is 53.6 Å². The van der Waals surface area contributed by atoms with E-state index < -0.39 is 5.97 Å². The molecule has 0 aliphatic carbocycles. The molecule has 0 saturated heterocycles. The first-order chi connectivity index (χ1) is 18.2. The summed E-state index contributed by atoms with van der Waals surface area (Å²) in [5.41, 5.74) is 3.12. The molecule has 0 bridgehead atoms. The zero-order valence-electron chi connectivity index (χ0n) is 20.6. The largest absolute Gasteiger partial charge is 0.489 e. The second kappa shape index (κ2) is 12.4. The topological polar surface area (TPSA) is 81.8 Å². The number of aromatic nitrogens is 1. The van der Waals surface area contributed by atoms with Crippen molar-refractivity contribution in [3.05, 3.63) is 109 Å². The van der Waals surface area contributed by atoms with E-state index in [-0.39, 0.29) is 24.7 Å². The summed E-state index contributed by atoms with van der Waals surface area (Å²) in [6, 6.07) is 17.2. The Kier molecular flexibility index (Phi) is 9.00. The molecule has 4 aromatic rings. The van der Waals surface area contributed by atoms with E-state index in [1.165, 1.54) is 0 Å². The lowest BCUT2D eigenvalue weighted by Crippen LogP contribution is -2.05. The molecule has 0 amide bonds. The van der Waals surface area contributed by atoms with Crippen LogP contribution in [-0.4, -0.2) is 16.2 Å². The standard InChI is InChI=1S/C29H24Cl3NO5/c1-17(2)28-22(25(33-38-28)16-37-26-8-4-7-23(30)27(26)32)15-36-21-12-11-19(24(31)14-21)10-9-18-5-3-6-20(13-18)29(34)35/h3-14,17H,15-16H2,1-2H3,(H,34,35)/b10-9+. The highest BCUT2D eigenvalue weighted by atomic mass is 35.5. The minimum absolute atomic E-state index is 0.0836. The van der Waals surface area contributed by atoms with E-state index >= 15 is 0 Å². The molecule has 4 rings (SSSR count). The number of halogens is 3. The van der Waals surface area contributed by atoms with Crippen LogP contribution in [-0.2, 0) is 13.2 Å². The van der Waals surface area contributed by atoms with Crippen molar-refractivity contribution in [3.8, 4) is 11.5 Å². The van der Waals surface area contributed by atoms with E-state index in [0.717, 1.165) is 16.7 Å². The molecule has 9 heteroatoms. The van der Waals surface area contributed by atoms with Gasteiger partial charge >= 0.3 is 5.97 Å². The monoisotopic (exact) mass is 571 g/mol. The van der Waals surface area contributed by atoms with Gasteiger partial charge in [0.2, 0.25) is 0 Å². The fraction of sp³-hybridized carbons (Fsp3) is 0.172. The number of aromatic carboxylic acids is 1. The maximum Gasteiger partial charge on any atom is 0.335 e. The minimum Gasteiger partial charge on any atom is -0.489 e. The first-order valence-electron chi connectivity index (χ1n) is 11.7. The van der Waals surface area contributed by atoms with Crippen molar-refractivity contribution >= 4 is 52.9 Å². The Balaban J connectivity index is 1.46. The lowest BCUT2D eigenvalue weighted by molar-refractivity contribution is 0.0697. The summed E-state index contributed by atoms with van der Waals surface area (Å²) in [4.78, 5) is 11.2. The third-order valence-electron chi connectivity index (χ3n) is 5.65. The number of hydrogen-bond acceptors (Lipinski definition) is 5. The molecule has 0 fully saturated rings. The molecule has 0 aliphatic heterocycles. The van der Waals surface area contributed by atoms with Gasteiger partial charge in [0.1, 0.15) is 41.2 Å².